The van der Waals surface area contributed by atoms with Gasteiger partial charge < -0.3 is 9.64 Å². The van der Waals surface area contributed by atoms with Gasteiger partial charge >= 0.3 is 0 Å². The maximum absolute atomic E-state index is 12.4. The van der Waals surface area contributed by atoms with Gasteiger partial charge in [-0.1, -0.05) is 0 Å². The van der Waals surface area contributed by atoms with Crippen molar-refractivity contribution in [2.45, 2.75) is 42.8 Å². The smallest absolute Gasteiger partial charge is 0.264 e. The lowest BCUT2D eigenvalue weighted by molar-refractivity contribution is -0.147. The Morgan fingerprint density at radius 1 is 1.59 bits per heavy atom. The van der Waals surface area contributed by atoms with Crippen LogP contribution in [0.1, 0.15) is 26.2 Å². The van der Waals surface area contributed by atoms with Crippen LogP contribution in [0.5, 0.6) is 0 Å². The maximum atomic E-state index is 12.4. The average Bonchev–Trinajstić information content (AvgIpc) is 2.86. The number of hydrogen-bond acceptors (Lipinski definition) is 4. The molecule has 4 rings (SSSR count). The van der Waals surface area contributed by atoms with Gasteiger partial charge in [-0.15, -0.1) is 0 Å². The number of piperidine rings is 2. The number of carbonyl (C=O) groups is 2. The molecule has 0 N–H and O–H groups in total. The minimum Gasteiger partial charge on any atom is -0.330 e. The molecule has 0 aromatic heterocycles. The Hall–Kier alpha value is -0.550. The average molecular weight is 253 g/mol. The van der Waals surface area contributed by atoms with E-state index in [1.54, 1.807) is 0 Å². The largest absolute Gasteiger partial charge is 0.330 e. The van der Waals surface area contributed by atoms with Gasteiger partial charge in [0.25, 0.3) is 5.91 Å². The first kappa shape index (κ1) is 10.4. The maximum Gasteiger partial charge on any atom is 0.264 e. The Labute approximate surface area is 104 Å². The van der Waals surface area contributed by atoms with Crippen LogP contribution >= 0.6 is 11.8 Å². The van der Waals surface area contributed by atoms with Crippen molar-refractivity contribution in [3.8, 4) is 0 Å². The molecular weight excluding hydrogens is 238 g/mol. The molecule has 4 atom stereocenters. The number of ketones is 1. The molecule has 4 nitrogen and oxygen atoms in total. The third kappa shape index (κ3) is 0.909. The topological polar surface area (TPSA) is 46.6 Å². The van der Waals surface area contributed by atoms with Crippen LogP contribution in [0.4, 0.5) is 0 Å². The van der Waals surface area contributed by atoms with Crippen LogP contribution in [0.2, 0.25) is 0 Å². The van der Waals surface area contributed by atoms with Crippen LogP contribution in [-0.2, 0) is 14.3 Å². The fourth-order valence-corrected chi connectivity index (χ4v) is 5.84. The van der Waals surface area contributed by atoms with Gasteiger partial charge in [0.15, 0.2) is 11.5 Å². The molecule has 0 aromatic rings. The van der Waals surface area contributed by atoms with Crippen LogP contribution in [0.3, 0.4) is 0 Å². The van der Waals surface area contributed by atoms with Gasteiger partial charge in [-0.2, -0.15) is 11.8 Å². The highest BCUT2D eigenvalue weighted by atomic mass is 32.2. The number of amides is 1. The highest BCUT2D eigenvalue weighted by Crippen LogP contribution is 2.63. The predicted molar refractivity (Wildman–Crippen MR) is 62.5 cm³/mol. The highest BCUT2D eigenvalue weighted by molar-refractivity contribution is 8.00. The minimum absolute atomic E-state index is 0.0616. The molecular formula is C12H15NO3S. The number of nitrogens with zero attached hydrogens (tertiary/aromatic N) is 1. The number of carbonyl (C=O) groups excluding carboxylic acids is 2. The Morgan fingerprint density at radius 2 is 2.41 bits per heavy atom. The van der Waals surface area contributed by atoms with Crippen LogP contribution < -0.4 is 0 Å². The molecule has 17 heavy (non-hydrogen) atoms. The lowest BCUT2D eigenvalue weighted by Crippen LogP contribution is -2.60. The summed E-state index contributed by atoms with van der Waals surface area (Å²) in [6.45, 7) is 2.26. The lowest BCUT2D eigenvalue weighted by Gasteiger charge is -2.44. The molecule has 4 fully saturated rings. The van der Waals surface area contributed by atoms with Crippen LogP contribution in [-0.4, -0.2) is 45.5 Å². The van der Waals surface area contributed by atoms with Crippen LogP contribution in [0.25, 0.3) is 0 Å². The van der Waals surface area contributed by atoms with E-state index in [0.717, 1.165) is 25.1 Å². The van der Waals surface area contributed by atoms with Crippen molar-refractivity contribution in [3.05, 3.63) is 0 Å². The highest BCUT2D eigenvalue weighted by Gasteiger charge is 2.77. The lowest BCUT2D eigenvalue weighted by atomic mass is 9.78. The van der Waals surface area contributed by atoms with E-state index in [-0.39, 0.29) is 11.7 Å². The molecule has 0 saturated carbocycles. The fraction of sp³-hybridized carbons (Fsp3) is 0.833. The van der Waals surface area contributed by atoms with E-state index in [2.05, 4.69) is 0 Å². The molecule has 4 saturated heterocycles. The molecule has 92 valence electrons. The number of fused-ring (bicyclic) bond motifs is 1. The zero-order valence-corrected chi connectivity index (χ0v) is 10.6. The van der Waals surface area contributed by atoms with Gasteiger partial charge in [0.05, 0.1) is 5.25 Å². The van der Waals surface area contributed by atoms with E-state index in [1.165, 1.54) is 6.92 Å². The zero-order valence-electron chi connectivity index (χ0n) is 9.77. The quantitative estimate of drug-likeness (QED) is 0.648. The van der Waals surface area contributed by atoms with Crippen molar-refractivity contribution in [3.63, 3.8) is 0 Å². The summed E-state index contributed by atoms with van der Waals surface area (Å²) in [5.41, 5.74) is -1.54. The molecule has 0 aliphatic carbocycles. The van der Waals surface area contributed by atoms with Crippen molar-refractivity contribution in [2.75, 3.05) is 12.3 Å². The van der Waals surface area contributed by atoms with E-state index >= 15 is 0 Å². The number of rotatable bonds is 1. The fourth-order valence-electron chi connectivity index (χ4n) is 4.08. The Kier molecular flexibility index (Phi) is 1.76. The molecule has 2 bridgehead atoms. The normalized spacial score (nSPS) is 50.9. The summed E-state index contributed by atoms with van der Waals surface area (Å²) in [4.78, 5) is 26.2. The number of ether oxygens (including phenoxy) is 1. The third-order valence-electron chi connectivity index (χ3n) is 4.85. The second-order valence-corrected chi connectivity index (χ2v) is 6.79. The molecule has 4 aliphatic heterocycles. The first-order chi connectivity index (χ1) is 8.11. The van der Waals surface area contributed by atoms with Gasteiger partial charge in [0, 0.05) is 24.6 Å². The summed E-state index contributed by atoms with van der Waals surface area (Å²) in [7, 11) is 0. The van der Waals surface area contributed by atoms with Crippen LogP contribution in [0, 0.1) is 5.92 Å². The SMILES string of the molecule is CC(=O)[C@@]12C[C@@H]3CS[C@H]4CCCN(C1=O)[C@@]34O2. The standard InChI is InChI=1S/C12H15NO3S/c1-7(14)11-5-8-6-17-9-3-2-4-13(10(11)15)12(8,9)16-11/h8-9H,2-6H2,1H3/t8-,9+,11+,12-/m1/s1. The summed E-state index contributed by atoms with van der Waals surface area (Å²) in [5.74, 6) is 1.22. The van der Waals surface area contributed by atoms with Gasteiger partial charge in [-0.3, -0.25) is 9.59 Å². The zero-order chi connectivity index (χ0) is 11.8. The second kappa shape index (κ2) is 2.88. The van der Waals surface area contributed by atoms with Crippen molar-refractivity contribution in [2.24, 2.45) is 5.92 Å². The third-order valence-corrected chi connectivity index (χ3v) is 6.42. The summed E-state index contributed by atoms with van der Waals surface area (Å²) >= 11 is 1.92. The van der Waals surface area contributed by atoms with E-state index in [9.17, 15) is 9.59 Å². The summed E-state index contributed by atoms with van der Waals surface area (Å²) in [5, 5.41) is 0.383. The monoisotopic (exact) mass is 253 g/mol. The number of Topliss-reactive ketones (excluding diaryl/α,β-unsaturated/α-hetero) is 1. The van der Waals surface area contributed by atoms with Gasteiger partial charge in [-0.05, 0) is 19.8 Å². The molecule has 0 radical (unpaired) electrons. The predicted octanol–water partition coefficient (Wildman–Crippen LogP) is 0.798. The molecule has 1 amide bonds. The molecule has 0 unspecified atom stereocenters. The van der Waals surface area contributed by atoms with E-state index in [4.69, 9.17) is 4.74 Å². The molecule has 1 spiro atoms. The summed E-state index contributed by atoms with van der Waals surface area (Å²) in [6.07, 6.45) is 2.76. The Balaban J connectivity index is 1.89. The van der Waals surface area contributed by atoms with E-state index in [1.807, 2.05) is 16.7 Å². The van der Waals surface area contributed by atoms with E-state index < -0.39 is 11.3 Å². The van der Waals surface area contributed by atoms with Crippen molar-refractivity contribution < 1.29 is 14.3 Å². The summed E-state index contributed by atoms with van der Waals surface area (Å²) in [6, 6.07) is 0. The van der Waals surface area contributed by atoms with Gasteiger partial charge in [0.1, 0.15) is 0 Å². The van der Waals surface area contributed by atoms with Crippen LogP contribution in [0.15, 0.2) is 0 Å². The Morgan fingerprint density at radius 3 is 3.18 bits per heavy atom. The van der Waals surface area contributed by atoms with Crippen molar-refractivity contribution in [1.82, 2.24) is 4.90 Å². The van der Waals surface area contributed by atoms with Gasteiger partial charge in [-0.25, -0.2) is 0 Å². The number of hydrogen-bond donors (Lipinski definition) is 0. The van der Waals surface area contributed by atoms with Crippen molar-refractivity contribution >= 4 is 23.5 Å². The number of thioether (sulfide) groups is 1. The molecule has 4 aliphatic rings. The Bertz CT molecular complexity index is 437. The summed E-state index contributed by atoms with van der Waals surface area (Å²) < 4.78 is 6.12. The molecule has 0 aromatic carbocycles. The molecule has 5 heteroatoms. The van der Waals surface area contributed by atoms with Gasteiger partial charge in [0.2, 0.25) is 5.60 Å². The van der Waals surface area contributed by atoms with E-state index in [0.29, 0.717) is 17.6 Å². The van der Waals surface area contributed by atoms with Crippen molar-refractivity contribution in [1.29, 1.82) is 0 Å². The minimum atomic E-state index is -1.12. The first-order valence-corrected chi connectivity index (χ1v) is 7.31. The second-order valence-electron chi connectivity index (χ2n) is 5.56. The first-order valence-electron chi connectivity index (χ1n) is 6.26. The molecule has 4 heterocycles.